The maximum absolute atomic E-state index is 12.7. The minimum absolute atomic E-state index is 0.0720. The zero-order valence-electron chi connectivity index (χ0n) is 13.8. The number of amides is 1. The Labute approximate surface area is 147 Å². The van der Waals surface area contributed by atoms with Gasteiger partial charge in [0.25, 0.3) is 0 Å². The number of fused-ring (bicyclic) bond motifs is 1. The number of aliphatic hydroxyl groups is 1. The van der Waals surface area contributed by atoms with Crippen molar-refractivity contribution in [1.29, 1.82) is 5.26 Å². The molecular weight excluding hydrogens is 351 g/mol. The highest BCUT2D eigenvalue weighted by atomic mass is 19.4. The molecule has 5 atom stereocenters. The van der Waals surface area contributed by atoms with E-state index in [1.54, 1.807) is 11.9 Å². The number of halogens is 3. The van der Waals surface area contributed by atoms with Crippen LogP contribution in [0.25, 0.3) is 0 Å². The van der Waals surface area contributed by atoms with Gasteiger partial charge in [0, 0.05) is 12.1 Å². The number of carbonyl (C=O) groups is 1. The van der Waals surface area contributed by atoms with Crippen LogP contribution in [0.5, 0.6) is 0 Å². The zero-order valence-corrected chi connectivity index (χ0v) is 13.8. The molecule has 140 valence electrons. The molecule has 0 spiro atoms. The van der Waals surface area contributed by atoms with E-state index in [4.69, 9.17) is 5.26 Å². The van der Waals surface area contributed by atoms with Gasteiger partial charge in [-0.1, -0.05) is 12.1 Å². The summed E-state index contributed by atoms with van der Waals surface area (Å²) in [6, 6.07) is 5.90. The van der Waals surface area contributed by atoms with E-state index >= 15 is 0 Å². The largest absolute Gasteiger partial charge is 0.416 e. The lowest BCUT2D eigenvalue weighted by molar-refractivity contribution is -0.138. The Morgan fingerprint density at radius 1 is 1.35 bits per heavy atom. The molecule has 26 heavy (non-hydrogen) atoms. The van der Waals surface area contributed by atoms with Gasteiger partial charge in [-0.15, -0.1) is 0 Å². The van der Waals surface area contributed by atoms with Gasteiger partial charge in [0.15, 0.2) is 6.35 Å². The van der Waals surface area contributed by atoms with E-state index in [1.807, 2.05) is 6.07 Å². The van der Waals surface area contributed by atoms with Crippen molar-refractivity contribution in [3.05, 3.63) is 35.4 Å². The smallest absolute Gasteiger partial charge is 0.361 e. The molecule has 4 N–H and O–H groups in total. The second-order valence-corrected chi connectivity index (χ2v) is 6.35. The molecule has 2 aliphatic heterocycles. The fraction of sp³-hybridized carbons (Fsp3) is 0.500. The topological polar surface area (TPSA) is 100 Å². The van der Waals surface area contributed by atoms with Crippen LogP contribution in [0.15, 0.2) is 24.3 Å². The average Bonchev–Trinajstić information content (AvgIpc) is 2.92. The van der Waals surface area contributed by atoms with E-state index in [1.165, 1.54) is 12.1 Å². The molecule has 10 heteroatoms. The molecule has 2 fully saturated rings. The summed E-state index contributed by atoms with van der Waals surface area (Å²) in [4.78, 5) is 12.2. The van der Waals surface area contributed by atoms with Crippen molar-refractivity contribution in [2.24, 2.45) is 5.92 Å². The number of nitriles is 1. The Hall–Kier alpha value is -2.19. The number of hydrogen-bond acceptors (Lipinski definition) is 6. The summed E-state index contributed by atoms with van der Waals surface area (Å²) in [6.07, 6.45) is -6.19. The summed E-state index contributed by atoms with van der Waals surface area (Å²) >= 11 is 0. The fourth-order valence-electron chi connectivity index (χ4n) is 3.42. The first kappa shape index (κ1) is 18.6. The molecule has 2 aliphatic rings. The second-order valence-electron chi connectivity index (χ2n) is 6.35. The van der Waals surface area contributed by atoms with Crippen molar-refractivity contribution in [2.45, 2.75) is 44.1 Å². The maximum Gasteiger partial charge on any atom is 0.416 e. The van der Waals surface area contributed by atoms with Crippen LogP contribution in [0.4, 0.5) is 13.2 Å². The highest BCUT2D eigenvalue weighted by molar-refractivity contribution is 5.81. The Balaban J connectivity index is 1.85. The van der Waals surface area contributed by atoms with Gasteiger partial charge in [0.1, 0.15) is 0 Å². The minimum atomic E-state index is -4.41. The first-order chi connectivity index (χ1) is 12.2. The molecule has 0 radical (unpaired) electrons. The van der Waals surface area contributed by atoms with Crippen LogP contribution in [0.2, 0.25) is 0 Å². The van der Waals surface area contributed by atoms with E-state index in [9.17, 15) is 23.1 Å². The number of aliphatic hydroxyl groups excluding tert-OH is 1. The molecule has 4 unspecified atom stereocenters. The molecular formula is C16H18F3N5O2. The number of hydrogen-bond donors (Lipinski definition) is 4. The summed E-state index contributed by atoms with van der Waals surface area (Å²) in [6.45, 7) is 1.77. The molecule has 1 aromatic rings. The molecule has 1 aromatic carbocycles. The first-order valence-corrected chi connectivity index (χ1v) is 8.05. The molecule has 0 saturated carbocycles. The van der Waals surface area contributed by atoms with Crippen molar-refractivity contribution in [3.8, 4) is 6.07 Å². The average molecular weight is 369 g/mol. The molecule has 0 bridgehead atoms. The van der Waals surface area contributed by atoms with Gasteiger partial charge in [-0.25, -0.2) is 10.4 Å². The zero-order chi connectivity index (χ0) is 19.1. The number of nitrogens with zero attached hydrogens (tertiary/aromatic N) is 2. The van der Waals surface area contributed by atoms with Gasteiger partial charge < -0.3 is 10.4 Å². The Bertz CT molecular complexity index is 718. The molecule has 7 nitrogen and oxygen atoms in total. The molecule has 0 aromatic heterocycles. The summed E-state index contributed by atoms with van der Waals surface area (Å²) in [5, 5.41) is 25.6. The Kier molecular flexibility index (Phi) is 4.90. The third-order valence-corrected chi connectivity index (χ3v) is 4.75. The summed E-state index contributed by atoms with van der Waals surface area (Å²) in [5.74, 6) is -1.01. The van der Waals surface area contributed by atoms with Crippen molar-refractivity contribution >= 4 is 5.91 Å². The van der Waals surface area contributed by atoms with E-state index in [-0.39, 0.29) is 6.42 Å². The third kappa shape index (κ3) is 3.39. The molecule has 1 amide bonds. The van der Waals surface area contributed by atoms with E-state index < -0.39 is 48.2 Å². The quantitative estimate of drug-likeness (QED) is 0.629. The van der Waals surface area contributed by atoms with Crippen LogP contribution in [-0.4, -0.2) is 34.6 Å². The van der Waals surface area contributed by atoms with E-state index in [0.717, 1.165) is 12.1 Å². The number of nitrogens with one attached hydrogen (secondary N) is 3. The minimum Gasteiger partial charge on any atom is -0.361 e. The number of hydrazine groups is 1. The van der Waals surface area contributed by atoms with Gasteiger partial charge in [-0.2, -0.15) is 18.4 Å². The predicted molar refractivity (Wildman–Crippen MR) is 83.4 cm³/mol. The van der Waals surface area contributed by atoms with E-state index in [0.29, 0.717) is 5.56 Å². The highest BCUT2D eigenvalue weighted by Gasteiger charge is 2.50. The summed E-state index contributed by atoms with van der Waals surface area (Å²) < 4.78 is 38.2. The maximum atomic E-state index is 12.7. The number of alkyl halides is 3. The molecule has 2 saturated heterocycles. The molecule has 0 aliphatic carbocycles. The third-order valence-electron chi connectivity index (χ3n) is 4.75. The lowest BCUT2D eigenvalue weighted by Gasteiger charge is -2.37. The monoisotopic (exact) mass is 369 g/mol. The molecule has 2 heterocycles. The van der Waals surface area contributed by atoms with Crippen molar-refractivity contribution in [1.82, 2.24) is 21.1 Å². The van der Waals surface area contributed by atoms with Crippen LogP contribution in [-0.2, 0) is 11.0 Å². The van der Waals surface area contributed by atoms with E-state index in [2.05, 4.69) is 16.1 Å². The lowest BCUT2D eigenvalue weighted by Crippen LogP contribution is -2.64. The van der Waals surface area contributed by atoms with Crippen LogP contribution < -0.4 is 16.1 Å². The van der Waals surface area contributed by atoms with Gasteiger partial charge in [-0.3, -0.25) is 10.1 Å². The summed E-state index contributed by atoms with van der Waals surface area (Å²) in [5.41, 5.74) is 2.94. The van der Waals surface area contributed by atoms with Gasteiger partial charge in [0.05, 0.1) is 30.1 Å². The van der Waals surface area contributed by atoms with Crippen molar-refractivity contribution in [3.63, 3.8) is 0 Å². The van der Waals surface area contributed by atoms with Crippen LogP contribution in [0.3, 0.4) is 0 Å². The summed E-state index contributed by atoms with van der Waals surface area (Å²) in [7, 11) is 0. The number of benzene rings is 1. The van der Waals surface area contributed by atoms with Crippen LogP contribution >= 0.6 is 0 Å². The van der Waals surface area contributed by atoms with Gasteiger partial charge in [-0.05, 0) is 24.6 Å². The Morgan fingerprint density at radius 3 is 2.58 bits per heavy atom. The van der Waals surface area contributed by atoms with Crippen LogP contribution in [0, 0.1) is 17.2 Å². The number of rotatable bonds is 3. The second kappa shape index (κ2) is 6.85. The van der Waals surface area contributed by atoms with Gasteiger partial charge >= 0.3 is 6.18 Å². The fourth-order valence-corrected chi connectivity index (χ4v) is 3.42. The van der Waals surface area contributed by atoms with Gasteiger partial charge in [0.2, 0.25) is 5.91 Å². The predicted octanol–water partition coefficient (Wildman–Crippen LogP) is 0.806. The van der Waals surface area contributed by atoms with Crippen molar-refractivity contribution < 1.29 is 23.1 Å². The number of carbonyl (C=O) groups excluding carboxylic acids is 1. The van der Waals surface area contributed by atoms with Crippen molar-refractivity contribution in [2.75, 3.05) is 0 Å². The standard InChI is InChI=1S/C16H18F3N5O2/c1-8(9-2-4-10(5-3-9)16(17,18)19)24-13-12(11(23-24)6-7-20)14(25)22-15(26)21-13/h2-5,8,11-13,15,21,23,26H,6H2,1H3,(H,22,25)/t8-,11?,12?,13?,15?/m0/s1. The highest BCUT2D eigenvalue weighted by Crippen LogP contribution is 2.34. The SMILES string of the molecule is C[C@@H](c1ccc(C(F)(F)F)cc1)N1NC(CC#N)C2C(=O)NC(O)NC21. The lowest BCUT2D eigenvalue weighted by atomic mass is 9.93. The molecule has 3 rings (SSSR count). The van der Waals surface area contributed by atoms with Crippen LogP contribution in [0.1, 0.15) is 30.5 Å². The Morgan fingerprint density at radius 2 is 2.00 bits per heavy atom. The first-order valence-electron chi connectivity index (χ1n) is 8.05. The normalized spacial score (nSPS) is 30.4.